The van der Waals surface area contributed by atoms with Crippen LogP contribution in [0.15, 0.2) is 0 Å². The van der Waals surface area contributed by atoms with E-state index >= 15 is 0 Å². The van der Waals surface area contributed by atoms with E-state index in [4.69, 9.17) is 14.2 Å². The van der Waals surface area contributed by atoms with Crippen LogP contribution >= 0.6 is 0 Å². The van der Waals surface area contributed by atoms with E-state index in [1.165, 1.54) is 0 Å². The fraction of sp³-hybridized carbons (Fsp3) is 0.875. The van der Waals surface area contributed by atoms with Gasteiger partial charge in [0.25, 0.3) is 0 Å². The largest absolute Gasteiger partial charge is 0.466 e. The van der Waals surface area contributed by atoms with Gasteiger partial charge in [-0.05, 0) is 6.92 Å². The minimum absolute atomic E-state index is 0.117. The number of carbonyl (C=O) groups is 1. The van der Waals surface area contributed by atoms with Crippen LogP contribution in [0.4, 0.5) is 0 Å². The molecule has 0 aromatic carbocycles. The first-order valence-corrected chi connectivity index (χ1v) is 3.98. The molecule has 0 heterocycles. The standard InChI is InChI=1S/C8H14O4/c1-4-12-8(9)5-6(10-2)7(5)11-3/h5-7H,4H2,1-3H3/t5?,6-,7+. The lowest BCUT2D eigenvalue weighted by atomic mass is 10.4. The number of hydrogen-bond acceptors (Lipinski definition) is 4. The molecule has 0 aromatic heterocycles. The Morgan fingerprint density at radius 1 is 1.25 bits per heavy atom. The lowest BCUT2D eigenvalue weighted by Crippen LogP contribution is -2.10. The highest BCUT2D eigenvalue weighted by Crippen LogP contribution is 2.37. The van der Waals surface area contributed by atoms with Gasteiger partial charge in [0, 0.05) is 14.2 Å². The Kier molecular flexibility index (Phi) is 3.05. The van der Waals surface area contributed by atoms with Crippen molar-refractivity contribution < 1.29 is 19.0 Å². The second kappa shape index (κ2) is 3.87. The Morgan fingerprint density at radius 3 is 2.08 bits per heavy atom. The van der Waals surface area contributed by atoms with Gasteiger partial charge >= 0.3 is 5.97 Å². The van der Waals surface area contributed by atoms with Crippen molar-refractivity contribution in [3.63, 3.8) is 0 Å². The average Bonchev–Trinajstić information content (AvgIpc) is 2.77. The zero-order valence-corrected chi connectivity index (χ0v) is 7.57. The quantitative estimate of drug-likeness (QED) is 0.571. The minimum Gasteiger partial charge on any atom is -0.466 e. The predicted octanol–water partition coefficient (Wildman–Crippen LogP) is 0.209. The Hall–Kier alpha value is -0.610. The zero-order valence-electron chi connectivity index (χ0n) is 7.57. The van der Waals surface area contributed by atoms with Crippen molar-refractivity contribution in [3.05, 3.63) is 0 Å². The maximum Gasteiger partial charge on any atom is 0.314 e. The Labute approximate surface area is 71.8 Å². The van der Waals surface area contributed by atoms with Gasteiger partial charge in [-0.1, -0.05) is 0 Å². The molecule has 0 saturated heterocycles. The van der Waals surface area contributed by atoms with Gasteiger partial charge in [0.2, 0.25) is 0 Å². The summed E-state index contributed by atoms with van der Waals surface area (Å²) in [5.41, 5.74) is 0. The molecule has 0 aromatic rings. The second-order valence-corrected chi connectivity index (χ2v) is 2.68. The zero-order chi connectivity index (χ0) is 9.14. The van der Waals surface area contributed by atoms with Crippen molar-refractivity contribution in [1.29, 1.82) is 0 Å². The van der Waals surface area contributed by atoms with E-state index in [2.05, 4.69) is 0 Å². The SMILES string of the molecule is CCOC(=O)C1[C@@H](OC)[C@H]1OC. The van der Waals surface area contributed by atoms with E-state index in [-0.39, 0.29) is 24.1 Å². The van der Waals surface area contributed by atoms with Gasteiger partial charge in [0.1, 0.15) is 18.1 Å². The fourth-order valence-corrected chi connectivity index (χ4v) is 1.33. The molecule has 4 nitrogen and oxygen atoms in total. The minimum atomic E-state index is -0.226. The molecule has 0 bridgehead atoms. The number of hydrogen-bond donors (Lipinski definition) is 0. The predicted molar refractivity (Wildman–Crippen MR) is 41.7 cm³/mol. The lowest BCUT2D eigenvalue weighted by Gasteiger charge is -1.98. The van der Waals surface area contributed by atoms with Crippen LogP contribution in [0.1, 0.15) is 6.92 Å². The third kappa shape index (κ3) is 1.59. The third-order valence-electron chi connectivity index (χ3n) is 1.99. The smallest absolute Gasteiger partial charge is 0.314 e. The summed E-state index contributed by atoms with van der Waals surface area (Å²) in [6.07, 6.45) is -0.233. The third-order valence-corrected chi connectivity index (χ3v) is 1.99. The van der Waals surface area contributed by atoms with E-state index in [9.17, 15) is 4.79 Å². The molecule has 0 aliphatic heterocycles. The van der Waals surface area contributed by atoms with E-state index in [1.807, 2.05) is 0 Å². The molecule has 4 heteroatoms. The average molecular weight is 174 g/mol. The van der Waals surface area contributed by atoms with Gasteiger partial charge < -0.3 is 14.2 Å². The summed E-state index contributed by atoms with van der Waals surface area (Å²) in [5.74, 6) is -0.448. The first-order valence-electron chi connectivity index (χ1n) is 3.98. The van der Waals surface area contributed by atoms with Gasteiger partial charge in [-0.2, -0.15) is 0 Å². The van der Waals surface area contributed by atoms with Crippen LogP contribution in [-0.2, 0) is 19.0 Å². The summed E-state index contributed by atoms with van der Waals surface area (Å²) in [4.78, 5) is 11.2. The summed E-state index contributed by atoms with van der Waals surface area (Å²) in [5, 5.41) is 0. The van der Waals surface area contributed by atoms with Gasteiger partial charge in [-0.3, -0.25) is 4.79 Å². The number of esters is 1. The van der Waals surface area contributed by atoms with E-state index in [0.29, 0.717) is 6.61 Å². The number of carbonyl (C=O) groups excluding carboxylic acids is 1. The van der Waals surface area contributed by atoms with Crippen LogP contribution in [0.2, 0.25) is 0 Å². The molecule has 1 aliphatic carbocycles. The molecule has 1 rings (SSSR count). The molecule has 1 aliphatic rings. The normalized spacial score (nSPS) is 33.1. The van der Waals surface area contributed by atoms with Crippen molar-refractivity contribution in [2.75, 3.05) is 20.8 Å². The topological polar surface area (TPSA) is 44.8 Å². The molecule has 0 radical (unpaired) electrons. The second-order valence-electron chi connectivity index (χ2n) is 2.68. The van der Waals surface area contributed by atoms with Gasteiger partial charge in [0.05, 0.1) is 6.61 Å². The van der Waals surface area contributed by atoms with Crippen LogP contribution in [0.25, 0.3) is 0 Å². The maximum absolute atomic E-state index is 11.2. The summed E-state index contributed by atoms with van der Waals surface area (Å²) in [6.45, 7) is 2.19. The lowest BCUT2D eigenvalue weighted by molar-refractivity contribution is -0.146. The molecular formula is C8H14O4. The van der Waals surface area contributed by atoms with Crippen LogP contribution in [0.5, 0.6) is 0 Å². The van der Waals surface area contributed by atoms with Crippen molar-refractivity contribution in [2.24, 2.45) is 5.92 Å². The summed E-state index contributed by atoms with van der Waals surface area (Å²) in [7, 11) is 3.13. The van der Waals surface area contributed by atoms with Crippen molar-refractivity contribution in [1.82, 2.24) is 0 Å². The summed E-state index contributed by atoms with van der Waals surface area (Å²) < 4.78 is 14.9. The van der Waals surface area contributed by atoms with Gasteiger partial charge in [-0.15, -0.1) is 0 Å². The fourth-order valence-electron chi connectivity index (χ4n) is 1.33. The molecule has 0 amide bonds. The monoisotopic (exact) mass is 174 g/mol. The highest BCUT2D eigenvalue weighted by Gasteiger charge is 2.57. The van der Waals surface area contributed by atoms with E-state index in [1.54, 1.807) is 21.1 Å². The summed E-state index contributed by atoms with van der Waals surface area (Å²) in [6, 6.07) is 0. The first-order chi connectivity index (χ1) is 5.76. The molecular weight excluding hydrogens is 160 g/mol. The van der Waals surface area contributed by atoms with Crippen LogP contribution in [0.3, 0.4) is 0 Å². The maximum atomic E-state index is 11.2. The molecule has 3 atom stereocenters. The molecule has 1 fully saturated rings. The highest BCUT2D eigenvalue weighted by molar-refractivity contribution is 5.77. The molecule has 1 unspecified atom stereocenters. The number of methoxy groups -OCH3 is 2. The van der Waals surface area contributed by atoms with Crippen LogP contribution in [-0.4, -0.2) is 39.0 Å². The Bertz CT molecular complexity index is 158. The number of rotatable bonds is 4. The van der Waals surface area contributed by atoms with Crippen molar-refractivity contribution >= 4 is 5.97 Å². The van der Waals surface area contributed by atoms with E-state index < -0.39 is 0 Å². The Balaban J connectivity index is 2.39. The van der Waals surface area contributed by atoms with Gasteiger partial charge in [-0.25, -0.2) is 0 Å². The molecule has 1 saturated carbocycles. The first kappa shape index (κ1) is 9.48. The van der Waals surface area contributed by atoms with Crippen molar-refractivity contribution in [2.45, 2.75) is 19.1 Å². The van der Waals surface area contributed by atoms with Crippen LogP contribution < -0.4 is 0 Å². The van der Waals surface area contributed by atoms with Crippen molar-refractivity contribution in [3.8, 4) is 0 Å². The summed E-state index contributed by atoms with van der Waals surface area (Å²) >= 11 is 0. The highest BCUT2D eigenvalue weighted by atomic mass is 16.6. The molecule has 70 valence electrons. The molecule has 0 spiro atoms. The Morgan fingerprint density at radius 2 is 1.75 bits per heavy atom. The number of ether oxygens (including phenoxy) is 3. The van der Waals surface area contributed by atoms with Crippen LogP contribution in [0, 0.1) is 5.92 Å². The van der Waals surface area contributed by atoms with E-state index in [0.717, 1.165) is 0 Å². The van der Waals surface area contributed by atoms with Gasteiger partial charge in [0.15, 0.2) is 0 Å². The molecule has 12 heavy (non-hydrogen) atoms. The molecule has 0 N–H and O–H groups in total.